The Morgan fingerprint density at radius 2 is 2.14 bits per heavy atom. The molecule has 0 bridgehead atoms. The topological polar surface area (TPSA) is 27.1 Å². The third kappa shape index (κ3) is 3.03. The van der Waals surface area contributed by atoms with E-state index in [1.807, 2.05) is 26.2 Å². The van der Waals surface area contributed by atoms with Crippen molar-refractivity contribution >= 4 is 6.34 Å². The van der Waals surface area contributed by atoms with Crippen LogP contribution in [-0.4, -0.2) is 18.3 Å². The Kier molecular flexibility index (Phi) is 3.02. The van der Waals surface area contributed by atoms with Crippen molar-refractivity contribution in [3.05, 3.63) is 12.3 Å². The molecule has 0 heterocycles. The third-order valence-electron chi connectivity index (χ3n) is 0.588. The smallest absolute Gasteiger partial charge is 0.0854 e. The third-order valence-corrected chi connectivity index (χ3v) is 0.588. The van der Waals surface area contributed by atoms with E-state index in [2.05, 4.69) is 0 Å². The zero-order chi connectivity index (χ0) is 5.70. The van der Waals surface area contributed by atoms with Crippen molar-refractivity contribution in [3.8, 4) is 0 Å². The lowest BCUT2D eigenvalue weighted by Crippen LogP contribution is -2.04. The van der Waals surface area contributed by atoms with E-state index >= 15 is 0 Å². The summed E-state index contributed by atoms with van der Waals surface area (Å²) in [7, 11) is 1.81. The van der Waals surface area contributed by atoms with Crippen LogP contribution in [0.5, 0.6) is 0 Å². The molecule has 0 aromatic heterocycles. The van der Waals surface area contributed by atoms with Crippen LogP contribution in [0.15, 0.2) is 12.3 Å². The van der Waals surface area contributed by atoms with Gasteiger partial charge in [-0.15, -0.1) is 0 Å². The first kappa shape index (κ1) is 6.21. The van der Waals surface area contributed by atoms with Crippen LogP contribution < -0.4 is 0 Å². The van der Waals surface area contributed by atoms with Gasteiger partial charge in [-0.05, 0) is 6.92 Å². The summed E-state index contributed by atoms with van der Waals surface area (Å²) in [5.74, 6) is 0. The van der Waals surface area contributed by atoms with Crippen LogP contribution in [-0.2, 0) is 0 Å². The molecule has 40 valence electrons. The molecule has 2 heteroatoms. The molecule has 0 saturated carbocycles. The van der Waals surface area contributed by atoms with Gasteiger partial charge in [-0.3, -0.25) is 5.41 Å². The molecule has 0 radical (unpaired) electrons. The Morgan fingerprint density at radius 1 is 1.57 bits per heavy atom. The molecule has 0 aromatic rings. The predicted molar refractivity (Wildman–Crippen MR) is 31.4 cm³/mol. The Morgan fingerprint density at radius 3 is 2.29 bits per heavy atom. The van der Waals surface area contributed by atoms with Crippen LogP contribution in [0.4, 0.5) is 0 Å². The van der Waals surface area contributed by atoms with Gasteiger partial charge in [0.05, 0.1) is 6.34 Å². The Labute approximate surface area is 44.0 Å². The van der Waals surface area contributed by atoms with E-state index < -0.39 is 0 Å². The molecule has 0 amide bonds. The van der Waals surface area contributed by atoms with Gasteiger partial charge in [0, 0.05) is 13.2 Å². The van der Waals surface area contributed by atoms with Crippen molar-refractivity contribution in [3.63, 3.8) is 0 Å². The number of nitrogens with zero attached hydrogens (tertiary/aromatic N) is 1. The average Bonchev–Trinajstić information content (AvgIpc) is 1.68. The molecule has 0 rings (SSSR count). The zero-order valence-corrected chi connectivity index (χ0v) is 4.68. The molecular formula is C5H10N2. The lowest BCUT2D eigenvalue weighted by atomic mass is 10.7. The lowest BCUT2D eigenvalue weighted by Gasteiger charge is -2.00. The van der Waals surface area contributed by atoms with Gasteiger partial charge in [-0.2, -0.15) is 0 Å². The zero-order valence-electron chi connectivity index (χ0n) is 4.68. The van der Waals surface area contributed by atoms with Crippen molar-refractivity contribution < 1.29 is 0 Å². The van der Waals surface area contributed by atoms with Gasteiger partial charge in [0.1, 0.15) is 0 Å². The van der Waals surface area contributed by atoms with Gasteiger partial charge < -0.3 is 4.90 Å². The minimum absolute atomic E-state index is 1.25. The highest BCUT2D eigenvalue weighted by molar-refractivity contribution is 5.51. The summed E-state index contributed by atoms with van der Waals surface area (Å²) in [6, 6.07) is 0. The van der Waals surface area contributed by atoms with E-state index in [1.165, 1.54) is 6.34 Å². The maximum atomic E-state index is 6.66. The van der Waals surface area contributed by atoms with Crippen molar-refractivity contribution in [2.45, 2.75) is 6.92 Å². The van der Waals surface area contributed by atoms with Gasteiger partial charge in [-0.1, -0.05) is 6.08 Å². The summed E-state index contributed by atoms with van der Waals surface area (Å²) in [5.41, 5.74) is 0. The second-order valence-electron chi connectivity index (χ2n) is 1.28. The number of nitrogens with one attached hydrogen (secondary N) is 1. The van der Waals surface area contributed by atoms with Gasteiger partial charge in [0.15, 0.2) is 0 Å². The molecule has 0 aliphatic heterocycles. The van der Waals surface area contributed by atoms with Crippen LogP contribution in [0.2, 0.25) is 0 Å². The molecule has 7 heavy (non-hydrogen) atoms. The number of allylic oxidation sites excluding steroid dienone is 1. The lowest BCUT2D eigenvalue weighted by molar-refractivity contribution is 0.704. The maximum Gasteiger partial charge on any atom is 0.0854 e. The van der Waals surface area contributed by atoms with Gasteiger partial charge in [0.2, 0.25) is 0 Å². The fourth-order valence-corrected chi connectivity index (χ4v) is 0.278. The molecule has 2 nitrogen and oxygen atoms in total. The van der Waals surface area contributed by atoms with Gasteiger partial charge in [0.25, 0.3) is 0 Å². The molecular weight excluding hydrogens is 88.1 g/mol. The molecule has 0 aromatic carbocycles. The van der Waals surface area contributed by atoms with E-state index in [4.69, 9.17) is 5.41 Å². The largest absolute Gasteiger partial charge is 0.343 e. The van der Waals surface area contributed by atoms with E-state index in [1.54, 1.807) is 4.90 Å². The van der Waals surface area contributed by atoms with Gasteiger partial charge in [-0.25, -0.2) is 0 Å². The van der Waals surface area contributed by atoms with Crippen molar-refractivity contribution in [1.82, 2.24) is 4.90 Å². The molecule has 1 N–H and O–H groups in total. The van der Waals surface area contributed by atoms with E-state index in [0.717, 1.165) is 0 Å². The van der Waals surface area contributed by atoms with Crippen molar-refractivity contribution in [2.75, 3.05) is 7.05 Å². The predicted octanol–water partition coefficient (Wildman–Crippen LogP) is 1.06. The first-order valence-electron chi connectivity index (χ1n) is 2.16. The standard InChI is InChI=1S/C5H10N2/c1-3-4-7(2)5-6/h3-6H,1-2H3. The molecule has 0 spiro atoms. The van der Waals surface area contributed by atoms with Crippen LogP contribution in [0.1, 0.15) is 6.92 Å². The summed E-state index contributed by atoms with van der Waals surface area (Å²) in [5, 5.41) is 6.66. The molecule has 0 aliphatic carbocycles. The van der Waals surface area contributed by atoms with Gasteiger partial charge >= 0.3 is 0 Å². The fraction of sp³-hybridized carbons (Fsp3) is 0.400. The molecule has 0 unspecified atom stereocenters. The normalized spacial score (nSPS) is 9.43. The highest BCUT2D eigenvalue weighted by Crippen LogP contribution is 1.74. The first-order valence-corrected chi connectivity index (χ1v) is 2.16. The summed E-state index contributed by atoms with van der Waals surface area (Å²) in [4.78, 5) is 1.67. The average molecular weight is 98.1 g/mol. The van der Waals surface area contributed by atoms with E-state index in [0.29, 0.717) is 0 Å². The minimum atomic E-state index is 1.25. The summed E-state index contributed by atoms with van der Waals surface area (Å²) in [6.45, 7) is 1.92. The monoisotopic (exact) mass is 98.1 g/mol. The Bertz CT molecular complexity index is 76.1. The summed E-state index contributed by atoms with van der Waals surface area (Å²) in [6.07, 6.45) is 4.94. The summed E-state index contributed by atoms with van der Waals surface area (Å²) < 4.78 is 0. The number of hydrogen-bond donors (Lipinski definition) is 1. The van der Waals surface area contributed by atoms with Crippen LogP contribution in [0.25, 0.3) is 0 Å². The highest BCUT2D eigenvalue weighted by Gasteiger charge is 1.73. The Balaban J connectivity index is 3.35. The summed E-state index contributed by atoms with van der Waals surface area (Å²) >= 11 is 0. The highest BCUT2D eigenvalue weighted by atomic mass is 15.1. The minimum Gasteiger partial charge on any atom is -0.343 e. The second-order valence-corrected chi connectivity index (χ2v) is 1.28. The molecule has 0 aliphatic rings. The quantitative estimate of drug-likeness (QED) is 0.405. The number of rotatable bonds is 2. The Hall–Kier alpha value is -0.790. The van der Waals surface area contributed by atoms with E-state index in [9.17, 15) is 0 Å². The first-order chi connectivity index (χ1) is 3.31. The number of hydrogen-bond acceptors (Lipinski definition) is 1. The van der Waals surface area contributed by atoms with E-state index in [-0.39, 0.29) is 0 Å². The molecule has 0 saturated heterocycles. The van der Waals surface area contributed by atoms with Crippen molar-refractivity contribution in [2.24, 2.45) is 0 Å². The van der Waals surface area contributed by atoms with Crippen molar-refractivity contribution in [1.29, 1.82) is 5.41 Å². The van der Waals surface area contributed by atoms with Crippen LogP contribution in [0.3, 0.4) is 0 Å². The molecule has 0 atom stereocenters. The SMILES string of the molecule is CC=CN(C)C=N. The maximum absolute atomic E-state index is 6.66. The molecule has 0 fully saturated rings. The van der Waals surface area contributed by atoms with Crippen LogP contribution >= 0.6 is 0 Å². The van der Waals surface area contributed by atoms with Crippen LogP contribution in [0, 0.1) is 5.41 Å². The second kappa shape index (κ2) is 3.40. The fourth-order valence-electron chi connectivity index (χ4n) is 0.278.